The lowest BCUT2D eigenvalue weighted by atomic mass is 10.3. The van der Waals surface area contributed by atoms with E-state index in [4.69, 9.17) is 11.6 Å². The van der Waals surface area contributed by atoms with Crippen LogP contribution in [0.25, 0.3) is 0 Å². The summed E-state index contributed by atoms with van der Waals surface area (Å²) in [5.41, 5.74) is 0.760. The van der Waals surface area contributed by atoms with Crippen molar-refractivity contribution in [1.82, 2.24) is 15.2 Å². The van der Waals surface area contributed by atoms with Gasteiger partial charge in [-0.2, -0.15) is 0 Å². The minimum atomic E-state index is 0.000827. The Kier molecular flexibility index (Phi) is 5.88. The van der Waals surface area contributed by atoms with Crippen molar-refractivity contribution >= 4 is 23.3 Å². The Bertz CT molecular complexity index is 411. The van der Waals surface area contributed by atoms with E-state index in [0.29, 0.717) is 24.7 Å². The predicted octanol–water partition coefficient (Wildman–Crippen LogP) is 1.34. The Balaban J connectivity index is 2.63. The Morgan fingerprint density at radius 3 is 2.83 bits per heavy atom. The maximum Gasteiger partial charge on any atom is 0.234 e. The second-order valence-corrected chi connectivity index (χ2v) is 4.41. The van der Waals surface area contributed by atoms with Gasteiger partial charge >= 0.3 is 0 Å². The highest BCUT2D eigenvalue weighted by molar-refractivity contribution is 6.31. The molecule has 1 heterocycles. The van der Waals surface area contributed by atoms with Crippen LogP contribution in [0.1, 0.15) is 12.6 Å². The first-order valence-electron chi connectivity index (χ1n) is 5.85. The monoisotopic (exact) mass is 270 g/mol. The normalized spacial score (nSPS) is 10.5. The van der Waals surface area contributed by atoms with Gasteiger partial charge in [0, 0.05) is 20.1 Å². The number of carbonyl (C=O) groups is 1. The molecule has 0 saturated carbocycles. The van der Waals surface area contributed by atoms with Gasteiger partial charge in [0.25, 0.3) is 0 Å². The third-order valence-electron chi connectivity index (χ3n) is 2.38. The molecule has 0 aliphatic carbocycles. The van der Waals surface area contributed by atoms with E-state index in [1.165, 1.54) is 0 Å². The summed E-state index contributed by atoms with van der Waals surface area (Å²) >= 11 is 6.08. The number of likely N-dealkylation sites (N-methyl/N-ethyl adjacent to an activating group) is 2. The van der Waals surface area contributed by atoms with E-state index in [1.54, 1.807) is 13.1 Å². The number of anilines is 1. The molecule has 0 unspecified atom stereocenters. The lowest BCUT2D eigenvalue weighted by molar-refractivity contribution is -0.121. The Morgan fingerprint density at radius 1 is 1.50 bits per heavy atom. The molecule has 0 saturated heterocycles. The molecule has 0 spiro atoms. The highest BCUT2D eigenvalue weighted by Crippen LogP contribution is 2.17. The maximum atomic E-state index is 11.4. The van der Waals surface area contributed by atoms with Gasteiger partial charge in [-0.15, -0.1) is 0 Å². The fourth-order valence-corrected chi connectivity index (χ4v) is 1.71. The smallest absolute Gasteiger partial charge is 0.234 e. The van der Waals surface area contributed by atoms with Crippen molar-refractivity contribution in [3.05, 3.63) is 22.8 Å². The van der Waals surface area contributed by atoms with Crippen molar-refractivity contribution in [3.63, 3.8) is 0 Å². The summed E-state index contributed by atoms with van der Waals surface area (Å²) in [6, 6.07) is 3.62. The van der Waals surface area contributed by atoms with Crippen LogP contribution in [0.15, 0.2) is 12.1 Å². The van der Waals surface area contributed by atoms with Gasteiger partial charge in [-0.1, -0.05) is 11.6 Å². The zero-order valence-corrected chi connectivity index (χ0v) is 11.7. The summed E-state index contributed by atoms with van der Waals surface area (Å²) in [6.07, 6.45) is 0. The van der Waals surface area contributed by atoms with Crippen molar-refractivity contribution in [2.75, 3.05) is 32.5 Å². The molecule has 18 heavy (non-hydrogen) atoms. The maximum absolute atomic E-state index is 11.4. The van der Waals surface area contributed by atoms with Crippen molar-refractivity contribution in [1.29, 1.82) is 0 Å². The first-order chi connectivity index (χ1) is 8.56. The number of nitrogens with one attached hydrogen (secondary N) is 2. The lowest BCUT2D eigenvalue weighted by Crippen LogP contribution is -2.34. The molecule has 0 aliphatic heterocycles. The number of nitrogens with zero attached hydrogens (tertiary/aromatic N) is 2. The van der Waals surface area contributed by atoms with E-state index in [0.717, 1.165) is 11.5 Å². The molecule has 6 heteroatoms. The number of halogens is 1. The number of aromatic nitrogens is 1. The fourth-order valence-electron chi connectivity index (χ4n) is 1.54. The lowest BCUT2D eigenvalue weighted by Gasteiger charge is -2.16. The van der Waals surface area contributed by atoms with Crippen LogP contribution in [0.5, 0.6) is 0 Å². The minimum absolute atomic E-state index is 0.000827. The molecular weight excluding hydrogens is 252 g/mol. The molecule has 100 valence electrons. The number of carbonyl (C=O) groups excluding carboxylic acids is 1. The Labute approximate surface area is 113 Å². The summed E-state index contributed by atoms with van der Waals surface area (Å²) in [7, 11) is 3.66. The summed E-state index contributed by atoms with van der Waals surface area (Å²) in [4.78, 5) is 17.7. The van der Waals surface area contributed by atoms with Gasteiger partial charge in [0.05, 0.1) is 17.3 Å². The van der Waals surface area contributed by atoms with E-state index in [-0.39, 0.29) is 5.91 Å². The van der Waals surface area contributed by atoms with Gasteiger partial charge < -0.3 is 10.6 Å². The second-order valence-electron chi connectivity index (χ2n) is 4.00. The molecule has 1 rings (SSSR count). The van der Waals surface area contributed by atoms with E-state index in [1.807, 2.05) is 24.9 Å². The third kappa shape index (κ3) is 4.50. The first kappa shape index (κ1) is 14.7. The summed E-state index contributed by atoms with van der Waals surface area (Å²) in [5.74, 6) is 0.765. The molecule has 1 amide bonds. The van der Waals surface area contributed by atoms with Crippen LogP contribution in [-0.4, -0.2) is 43.0 Å². The van der Waals surface area contributed by atoms with Crippen LogP contribution in [0.4, 0.5) is 5.82 Å². The Morgan fingerprint density at radius 2 is 2.22 bits per heavy atom. The number of hydrogen-bond donors (Lipinski definition) is 2. The molecule has 0 radical (unpaired) electrons. The summed E-state index contributed by atoms with van der Waals surface area (Å²) in [6.45, 7) is 3.40. The molecule has 0 aromatic carbocycles. The van der Waals surface area contributed by atoms with Gasteiger partial charge in [0.2, 0.25) is 5.91 Å². The topological polar surface area (TPSA) is 57.3 Å². The van der Waals surface area contributed by atoms with Crippen molar-refractivity contribution in [3.8, 4) is 0 Å². The van der Waals surface area contributed by atoms with Crippen LogP contribution in [0, 0.1) is 0 Å². The van der Waals surface area contributed by atoms with E-state index in [2.05, 4.69) is 15.6 Å². The van der Waals surface area contributed by atoms with Crippen LogP contribution in [0.3, 0.4) is 0 Å². The molecule has 0 atom stereocenters. The van der Waals surface area contributed by atoms with Crippen molar-refractivity contribution in [2.45, 2.75) is 13.5 Å². The average Bonchev–Trinajstić information content (AvgIpc) is 2.32. The van der Waals surface area contributed by atoms with Gasteiger partial charge in [0.15, 0.2) is 0 Å². The zero-order chi connectivity index (χ0) is 13.5. The molecule has 1 aromatic heterocycles. The quantitative estimate of drug-likeness (QED) is 0.819. The van der Waals surface area contributed by atoms with Crippen LogP contribution < -0.4 is 10.6 Å². The van der Waals surface area contributed by atoms with Crippen LogP contribution in [0.2, 0.25) is 5.02 Å². The minimum Gasteiger partial charge on any atom is -0.373 e. The van der Waals surface area contributed by atoms with Gasteiger partial charge in [-0.05, 0) is 26.1 Å². The largest absolute Gasteiger partial charge is 0.373 e. The number of pyridine rings is 1. The number of amides is 1. The number of rotatable bonds is 6. The highest BCUT2D eigenvalue weighted by atomic mass is 35.5. The Hall–Kier alpha value is -1.33. The molecule has 1 aromatic rings. The van der Waals surface area contributed by atoms with Gasteiger partial charge in [-0.25, -0.2) is 4.98 Å². The van der Waals surface area contributed by atoms with E-state index < -0.39 is 0 Å². The molecule has 0 aliphatic rings. The number of hydrogen-bond acceptors (Lipinski definition) is 4. The molecule has 0 fully saturated rings. The highest BCUT2D eigenvalue weighted by Gasteiger charge is 2.10. The standard InChI is InChI=1S/C12H19ClN4O/c1-4-15-12(18)8-17(3)7-10-9(13)5-6-11(14-2)16-10/h5-6H,4,7-8H2,1-3H3,(H,14,16)(H,15,18). The predicted molar refractivity (Wildman–Crippen MR) is 73.8 cm³/mol. The SMILES string of the molecule is CCNC(=O)CN(C)Cc1nc(NC)ccc1Cl. The fraction of sp³-hybridized carbons (Fsp3) is 0.500. The van der Waals surface area contributed by atoms with Gasteiger partial charge in [-0.3, -0.25) is 9.69 Å². The molecule has 0 bridgehead atoms. The van der Waals surface area contributed by atoms with Crippen molar-refractivity contribution < 1.29 is 4.79 Å². The molecular formula is C12H19ClN4O. The summed E-state index contributed by atoms with van der Waals surface area (Å²) in [5, 5.41) is 6.32. The van der Waals surface area contributed by atoms with Crippen LogP contribution >= 0.6 is 11.6 Å². The molecule has 2 N–H and O–H groups in total. The second kappa shape index (κ2) is 7.18. The first-order valence-corrected chi connectivity index (χ1v) is 6.23. The van der Waals surface area contributed by atoms with E-state index >= 15 is 0 Å². The van der Waals surface area contributed by atoms with Crippen molar-refractivity contribution in [2.24, 2.45) is 0 Å². The van der Waals surface area contributed by atoms with Crippen LogP contribution in [-0.2, 0) is 11.3 Å². The average molecular weight is 271 g/mol. The summed E-state index contributed by atoms with van der Waals surface area (Å²) < 4.78 is 0. The van der Waals surface area contributed by atoms with E-state index in [9.17, 15) is 4.79 Å². The molecule has 5 nitrogen and oxygen atoms in total. The van der Waals surface area contributed by atoms with Gasteiger partial charge in [0.1, 0.15) is 5.82 Å². The third-order valence-corrected chi connectivity index (χ3v) is 2.73. The zero-order valence-electron chi connectivity index (χ0n) is 11.0.